The summed E-state index contributed by atoms with van der Waals surface area (Å²) in [5.74, 6) is -1.67. The van der Waals surface area contributed by atoms with Crippen molar-refractivity contribution in [3.63, 3.8) is 0 Å². The Bertz CT molecular complexity index is 494. The van der Waals surface area contributed by atoms with Gasteiger partial charge >= 0.3 is 5.97 Å². The van der Waals surface area contributed by atoms with Crippen molar-refractivity contribution in [2.24, 2.45) is 0 Å². The molecule has 0 saturated heterocycles. The molecule has 0 fully saturated rings. The number of nitro groups is 1. The first-order chi connectivity index (χ1) is 7.95. The Labute approximate surface area is 95.7 Å². The zero-order valence-electron chi connectivity index (χ0n) is 8.78. The quantitative estimate of drug-likeness (QED) is 0.467. The summed E-state index contributed by atoms with van der Waals surface area (Å²) < 4.78 is 4.75. The fourth-order valence-electron chi connectivity index (χ4n) is 1.16. The lowest BCUT2D eigenvalue weighted by molar-refractivity contribution is -0.385. The minimum absolute atomic E-state index is 0.00144. The van der Waals surface area contributed by atoms with Crippen LogP contribution in [0, 0.1) is 10.1 Å². The number of nitrogens with zero attached hydrogens (tertiary/aromatic N) is 1. The van der Waals surface area contributed by atoms with E-state index in [9.17, 15) is 20.0 Å². The second kappa shape index (κ2) is 4.97. The third kappa shape index (κ3) is 2.94. The van der Waals surface area contributed by atoms with E-state index in [1.54, 1.807) is 0 Å². The zero-order valence-corrected chi connectivity index (χ0v) is 8.78. The van der Waals surface area contributed by atoms with Crippen LogP contribution < -0.4 is 4.74 Å². The molecule has 0 bridgehead atoms. The van der Waals surface area contributed by atoms with Crippen LogP contribution in [0.4, 0.5) is 5.69 Å². The maximum atomic E-state index is 10.6. The molecule has 0 amide bonds. The Morgan fingerprint density at radius 1 is 1.53 bits per heavy atom. The van der Waals surface area contributed by atoms with Crippen LogP contribution in [-0.4, -0.2) is 28.2 Å². The third-order valence-corrected chi connectivity index (χ3v) is 1.93. The largest absolute Gasteiger partial charge is 0.504 e. The highest BCUT2D eigenvalue weighted by molar-refractivity contribution is 5.86. The van der Waals surface area contributed by atoms with Crippen molar-refractivity contribution in [1.29, 1.82) is 0 Å². The van der Waals surface area contributed by atoms with E-state index in [0.717, 1.165) is 24.3 Å². The number of carboxylic acid groups (broad SMARTS) is 1. The molecule has 90 valence electrons. The molecule has 0 saturated carbocycles. The van der Waals surface area contributed by atoms with Gasteiger partial charge in [0.2, 0.25) is 0 Å². The van der Waals surface area contributed by atoms with Crippen molar-refractivity contribution < 1.29 is 24.7 Å². The SMILES string of the molecule is COc1cc([N+](=O)[O-])cc(/C=C/C(=O)O)c1O. The van der Waals surface area contributed by atoms with Gasteiger partial charge in [0.05, 0.1) is 18.1 Å². The fourth-order valence-corrected chi connectivity index (χ4v) is 1.16. The van der Waals surface area contributed by atoms with Gasteiger partial charge in [0.25, 0.3) is 5.69 Å². The molecule has 0 aliphatic rings. The van der Waals surface area contributed by atoms with E-state index in [0.29, 0.717) is 0 Å². The molecular formula is C10H9NO6. The summed E-state index contributed by atoms with van der Waals surface area (Å²) in [4.78, 5) is 20.3. The number of rotatable bonds is 4. The second-order valence-corrected chi connectivity index (χ2v) is 3.01. The molecule has 0 unspecified atom stereocenters. The first kappa shape index (κ1) is 12.5. The number of carbonyl (C=O) groups is 1. The summed E-state index contributed by atoms with van der Waals surface area (Å²) in [5.41, 5.74) is -0.303. The van der Waals surface area contributed by atoms with E-state index < -0.39 is 10.9 Å². The number of nitro benzene ring substituents is 1. The zero-order chi connectivity index (χ0) is 13.0. The second-order valence-electron chi connectivity index (χ2n) is 3.01. The van der Waals surface area contributed by atoms with E-state index in [1.807, 2.05) is 0 Å². The molecule has 7 heteroatoms. The Morgan fingerprint density at radius 3 is 2.65 bits per heavy atom. The Kier molecular flexibility index (Phi) is 3.66. The predicted molar refractivity (Wildman–Crippen MR) is 58.0 cm³/mol. The van der Waals surface area contributed by atoms with Gasteiger partial charge in [-0.05, 0) is 6.08 Å². The standard InChI is InChI=1S/C10H9NO6/c1-17-8-5-7(11(15)16)4-6(10(8)14)2-3-9(12)13/h2-5,14H,1H3,(H,12,13)/b3-2+. The van der Waals surface area contributed by atoms with Crippen LogP contribution in [0.15, 0.2) is 18.2 Å². The number of phenolic OH excluding ortho intramolecular Hbond substituents is 1. The van der Waals surface area contributed by atoms with Crippen LogP contribution in [0.25, 0.3) is 6.08 Å². The molecule has 7 nitrogen and oxygen atoms in total. The number of non-ortho nitro benzene ring substituents is 1. The number of hydrogen-bond acceptors (Lipinski definition) is 5. The summed E-state index contributed by atoms with van der Waals surface area (Å²) in [6.45, 7) is 0. The average molecular weight is 239 g/mol. The van der Waals surface area contributed by atoms with Gasteiger partial charge in [0, 0.05) is 17.7 Å². The van der Waals surface area contributed by atoms with Gasteiger partial charge in [-0.3, -0.25) is 10.1 Å². The van der Waals surface area contributed by atoms with Gasteiger partial charge in [0.15, 0.2) is 11.5 Å². The highest BCUT2D eigenvalue weighted by atomic mass is 16.6. The molecule has 0 atom stereocenters. The van der Waals surface area contributed by atoms with E-state index in [1.165, 1.54) is 7.11 Å². The molecule has 1 rings (SSSR count). The van der Waals surface area contributed by atoms with Gasteiger partial charge in [-0.1, -0.05) is 0 Å². The van der Waals surface area contributed by atoms with Gasteiger partial charge in [-0.25, -0.2) is 4.79 Å². The highest BCUT2D eigenvalue weighted by Crippen LogP contribution is 2.35. The van der Waals surface area contributed by atoms with Crippen molar-refractivity contribution in [2.45, 2.75) is 0 Å². The first-order valence-corrected chi connectivity index (χ1v) is 4.42. The summed E-state index contributed by atoms with van der Waals surface area (Å²) in [6.07, 6.45) is 1.81. The number of aliphatic carboxylic acids is 1. The molecule has 1 aromatic rings. The number of benzene rings is 1. The number of carboxylic acids is 1. The number of hydrogen-bond donors (Lipinski definition) is 2. The smallest absolute Gasteiger partial charge is 0.328 e. The molecular weight excluding hydrogens is 230 g/mol. The average Bonchev–Trinajstić information content (AvgIpc) is 2.27. The van der Waals surface area contributed by atoms with Crippen molar-refractivity contribution in [3.8, 4) is 11.5 Å². The third-order valence-electron chi connectivity index (χ3n) is 1.93. The number of methoxy groups -OCH3 is 1. The lowest BCUT2D eigenvalue weighted by Gasteiger charge is -2.05. The van der Waals surface area contributed by atoms with E-state index in [2.05, 4.69) is 0 Å². The lowest BCUT2D eigenvalue weighted by Crippen LogP contribution is -1.93. The van der Waals surface area contributed by atoms with Crippen LogP contribution in [0.1, 0.15) is 5.56 Å². The van der Waals surface area contributed by atoms with Gasteiger partial charge < -0.3 is 14.9 Å². The maximum Gasteiger partial charge on any atom is 0.328 e. The van der Waals surface area contributed by atoms with E-state index in [-0.39, 0.29) is 22.7 Å². The number of phenols is 1. The summed E-state index contributed by atoms with van der Waals surface area (Å²) >= 11 is 0. The molecule has 0 radical (unpaired) electrons. The van der Waals surface area contributed by atoms with E-state index in [4.69, 9.17) is 9.84 Å². The molecule has 0 aliphatic carbocycles. The van der Waals surface area contributed by atoms with Crippen LogP contribution in [0.2, 0.25) is 0 Å². The Hall–Kier alpha value is -2.57. The van der Waals surface area contributed by atoms with Crippen LogP contribution in [0.3, 0.4) is 0 Å². The van der Waals surface area contributed by atoms with Gasteiger partial charge in [0.1, 0.15) is 0 Å². The van der Waals surface area contributed by atoms with Crippen molar-refractivity contribution in [2.75, 3.05) is 7.11 Å². The monoisotopic (exact) mass is 239 g/mol. The van der Waals surface area contributed by atoms with Crippen LogP contribution in [0.5, 0.6) is 11.5 Å². The Balaban J connectivity index is 3.32. The summed E-state index contributed by atoms with van der Waals surface area (Å²) in [6, 6.07) is 2.10. The Morgan fingerprint density at radius 2 is 2.18 bits per heavy atom. The van der Waals surface area contributed by atoms with E-state index >= 15 is 0 Å². The molecule has 2 N–H and O–H groups in total. The van der Waals surface area contributed by atoms with Gasteiger partial charge in [-0.15, -0.1) is 0 Å². The van der Waals surface area contributed by atoms with Crippen LogP contribution >= 0.6 is 0 Å². The molecule has 0 spiro atoms. The van der Waals surface area contributed by atoms with Crippen LogP contribution in [-0.2, 0) is 4.79 Å². The number of ether oxygens (including phenoxy) is 1. The molecule has 17 heavy (non-hydrogen) atoms. The number of aromatic hydroxyl groups is 1. The summed E-state index contributed by atoms with van der Waals surface area (Å²) in [7, 11) is 1.24. The lowest BCUT2D eigenvalue weighted by atomic mass is 10.1. The predicted octanol–water partition coefficient (Wildman–Crippen LogP) is 1.41. The van der Waals surface area contributed by atoms with Gasteiger partial charge in [-0.2, -0.15) is 0 Å². The minimum Gasteiger partial charge on any atom is -0.504 e. The first-order valence-electron chi connectivity index (χ1n) is 4.42. The maximum absolute atomic E-state index is 10.6. The highest BCUT2D eigenvalue weighted by Gasteiger charge is 2.15. The summed E-state index contributed by atoms with van der Waals surface area (Å²) in [5, 5.41) is 28.7. The van der Waals surface area contributed by atoms with Crippen molar-refractivity contribution >= 4 is 17.7 Å². The van der Waals surface area contributed by atoms with Crippen molar-refractivity contribution in [1.82, 2.24) is 0 Å². The molecule has 0 aromatic heterocycles. The van der Waals surface area contributed by atoms with Crippen molar-refractivity contribution in [3.05, 3.63) is 33.9 Å². The normalized spacial score (nSPS) is 10.4. The topological polar surface area (TPSA) is 110 Å². The molecule has 0 aliphatic heterocycles. The molecule has 1 aromatic carbocycles. The fraction of sp³-hybridized carbons (Fsp3) is 0.100. The minimum atomic E-state index is -1.23. The molecule has 0 heterocycles.